The summed E-state index contributed by atoms with van der Waals surface area (Å²) in [6, 6.07) is 4.26. The molecular formula is C12H18N2O4S. The second kappa shape index (κ2) is 6.03. The molecule has 19 heavy (non-hydrogen) atoms. The molecule has 0 atom stereocenters. The molecule has 0 heterocycles. The van der Waals surface area contributed by atoms with E-state index in [2.05, 4.69) is 5.32 Å². The van der Waals surface area contributed by atoms with Crippen molar-refractivity contribution in [2.24, 2.45) is 11.1 Å². The maximum absolute atomic E-state index is 11.5. The highest BCUT2D eigenvalue weighted by molar-refractivity contribution is 7.89. The summed E-state index contributed by atoms with van der Waals surface area (Å²) >= 11 is 0. The quantitative estimate of drug-likeness (QED) is 0.882. The molecule has 3 N–H and O–H groups in total. The fraction of sp³-hybridized carbons (Fsp3) is 0.417. The number of nitrogens with two attached hydrogens (primary N) is 1. The first kappa shape index (κ1) is 15.5. The van der Waals surface area contributed by atoms with Crippen molar-refractivity contribution in [3.8, 4) is 0 Å². The van der Waals surface area contributed by atoms with Crippen molar-refractivity contribution in [2.75, 3.05) is 11.9 Å². The van der Waals surface area contributed by atoms with Gasteiger partial charge in [-0.15, -0.1) is 0 Å². The average Bonchev–Trinajstić information content (AvgIpc) is 2.28. The molecule has 106 valence electrons. The van der Waals surface area contributed by atoms with E-state index in [0.29, 0.717) is 17.9 Å². The molecular weight excluding hydrogens is 268 g/mol. The molecule has 1 aromatic carbocycles. The van der Waals surface area contributed by atoms with Crippen LogP contribution in [-0.2, 0) is 14.8 Å². The summed E-state index contributed by atoms with van der Waals surface area (Å²) in [5.41, 5.74) is 1.08. The summed E-state index contributed by atoms with van der Waals surface area (Å²) in [5.74, 6) is 0.225. The molecule has 0 radical (unpaired) electrons. The fourth-order valence-corrected chi connectivity index (χ4v) is 1.84. The van der Waals surface area contributed by atoms with Gasteiger partial charge in [-0.2, -0.15) is 0 Å². The number of amides is 1. The maximum Gasteiger partial charge on any atom is 0.411 e. The minimum absolute atomic E-state index is 0.0581. The van der Waals surface area contributed by atoms with Gasteiger partial charge < -0.3 is 4.74 Å². The van der Waals surface area contributed by atoms with Gasteiger partial charge >= 0.3 is 6.09 Å². The molecule has 0 aromatic heterocycles. The summed E-state index contributed by atoms with van der Waals surface area (Å²) in [4.78, 5) is 11.5. The number of primary sulfonamides is 1. The van der Waals surface area contributed by atoms with E-state index in [4.69, 9.17) is 9.88 Å². The topological polar surface area (TPSA) is 98.5 Å². The van der Waals surface area contributed by atoms with Crippen LogP contribution in [0.15, 0.2) is 23.1 Å². The Morgan fingerprint density at radius 2 is 2.05 bits per heavy atom. The van der Waals surface area contributed by atoms with Gasteiger partial charge in [0, 0.05) is 5.69 Å². The van der Waals surface area contributed by atoms with Gasteiger partial charge in [-0.3, -0.25) is 5.32 Å². The number of carbonyl (C=O) groups is 1. The summed E-state index contributed by atoms with van der Waals surface area (Å²) < 4.78 is 27.4. The first-order valence-electron chi connectivity index (χ1n) is 5.77. The number of benzene rings is 1. The predicted octanol–water partition coefficient (Wildman–Crippen LogP) is 1.85. The van der Waals surface area contributed by atoms with Gasteiger partial charge in [0.2, 0.25) is 10.0 Å². The Morgan fingerprint density at radius 1 is 1.42 bits per heavy atom. The van der Waals surface area contributed by atoms with Gasteiger partial charge in [0.25, 0.3) is 0 Å². The Hall–Kier alpha value is -1.60. The van der Waals surface area contributed by atoms with Crippen molar-refractivity contribution in [1.29, 1.82) is 0 Å². The first-order chi connectivity index (χ1) is 8.70. The standard InChI is InChI=1S/C12H18N2O4S/c1-8(2)7-18-12(15)14-11-6-10(19(13,16)17)5-4-9(11)3/h4-6,8H,7H2,1-3H3,(H,14,15)(H2,13,16,17). The lowest BCUT2D eigenvalue weighted by atomic mass is 10.2. The number of hydrogen-bond donors (Lipinski definition) is 2. The van der Waals surface area contributed by atoms with E-state index in [0.717, 1.165) is 0 Å². The Bertz CT molecular complexity index is 567. The van der Waals surface area contributed by atoms with Gasteiger partial charge in [0.05, 0.1) is 11.5 Å². The van der Waals surface area contributed by atoms with Crippen LogP contribution in [0.3, 0.4) is 0 Å². The van der Waals surface area contributed by atoms with Crippen molar-refractivity contribution in [2.45, 2.75) is 25.7 Å². The zero-order chi connectivity index (χ0) is 14.6. The molecule has 1 aromatic rings. The summed E-state index contributed by atoms with van der Waals surface area (Å²) in [6.07, 6.45) is -0.622. The molecule has 1 rings (SSSR count). The molecule has 6 nitrogen and oxygen atoms in total. The van der Waals surface area contributed by atoms with Crippen molar-refractivity contribution in [1.82, 2.24) is 0 Å². The summed E-state index contributed by atoms with van der Waals surface area (Å²) in [6.45, 7) is 5.87. The minimum Gasteiger partial charge on any atom is -0.449 e. The van der Waals surface area contributed by atoms with Crippen LogP contribution in [-0.4, -0.2) is 21.1 Å². The number of sulfonamides is 1. The number of anilines is 1. The van der Waals surface area contributed by atoms with Crippen molar-refractivity contribution in [3.63, 3.8) is 0 Å². The van der Waals surface area contributed by atoms with Crippen LogP contribution in [0.2, 0.25) is 0 Å². The predicted molar refractivity (Wildman–Crippen MR) is 72.4 cm³/mol. The number of hydrogen-bond acceptors (Lipinski definition) is 4. The number of ether oxygens (including phenoxy) is 1. The van der Waals surface area contributed by atoms with E-state index in [9.17, 15) is 13.2 Å². The number of rotatable bonds is 4. The molecule has 0 unspecified atom stereocenters. The van der Waals surface area contributed by atoms with E-state index < -0.39 is 16.1 Å². The molecule has 0 fully saturated rings. The monoisotopic (exact) mass is 286 g/mol. The summed E-state index contributed by atoms with van der Waals surface area (Å²) in [5, 5.41) is 7.53. The SMILES string of the molecule is Cc1ccc(S(N)(=O)=O)cc1NC(=O)OCC(C)C. The Balaban J connectivity index is 2.86. The van der Waals surface area contributed by atoms with Crippen LogP contribution >= 0.6 is 0 Å². The molecule has 0 bridgehead atoms. The Kier molecular flexibility index (Phi) is 4.90. The zero-order valence-electron chi connectivity index (χ0n) is 11.1. The third kappa shape index (κ3) is 4.88. The van der Waals surface area contributed by atoms with E-state index in [1.54, 1.807) is 13.0 Å². The van der Waals surface area contributed by atoms with Crippen LogP contribution in [0, 0.1) is 12.8 Å². The van der Waals surface area contributed by atoms with Crippen molar-refractivity contribution >= 4 is 21.8 Å². The highest BCUT2D eigenvalue weighted by Gasteiger charge is 2.12. The molecule has 1 amide bonds. The van der Waals surface area contributed by atoms with Gasteiger partial charge in [0.1, 0.15) is 0 Å². The van der Waals surface area contributed by atoms with Crippen LogP contribution in [0.25, 0.3) is 0 Å². The molecule has 0 saturated heterocycles. The van der Waals surface area contributed by atoms with Crippen LogP contribution in [0.5, 0.6) is 0 Å². The van der Waals surface area contributed by atoms with E-state index in [-0.39, 0.29) is 10.8 Å². The van der Waals surface area contributed by atoms with E-state index in [1.807, 2.05) is 13.8 Å². The maximum atomic E-state index is 11.5. The normalized spacial score (nSPS) is 11.4. The molecule has 0 saturated carbocycles. The minimum atomic E-state index is -3.80. The average molecular weight is 286 g/mol. The molecule has 0 aliphatic heterocycles. The van der Waals surface area contributed by atoms with E-state index >= 15 is 0 Å². The second-order valence-corrected chi connectivity index (χ2v) is 6.20. The Labute approximate surface area is 113 Å². The number of carbonyl (C=O) groups excluding carboxylic acids is 1. The van der Waals surface area contributed by atoms with Gasteiger partial charge in [0.15, 0.2) is 0 Å². The van der Waals surface area contributed by atoms with E-state index in [1.165, 1.54) is 12.1 Å². The highest BCUT2D eigenvalue weighted by Crippen LogP contribution is 2.19. The number of aryl methyl sites for hydroxylation is 1. The third-order valence-corrected chi connectivity index (χ3v) is 3.23. The Morgan fingerprint density at radius 3 is 2.58 bits per heavy atom. The molecule has 0 aliphatic carbocycles. The third-order valence-electron chi connectivity index (χ3n) is 2.32. The lowest BCUT2D eigenvalue weighted by molar-refractivity contribution is 0.147. The molecule has 0 spiro atoms. The van der Waals surface area contributed by atoms with Crippen molar-refractivity contribution < 1.29 is 17.9 Å². The highest BCUT2D eigenvalue weighted by atomic mass is 32.2. The lowest BCUT2D eigenvalue weighted by Gasteiger charge is -2.11. The fourth-order valence-electron chi connectivity index (χ4n) is 1.30. The largest absolute Gasteiger partial charge is 0.449 e. The lowest BCUT2D eigenvalue weighted by Crippen LogP contribution is -2.18. The smallest absolute Gasteiger partial charge is 0.411 e. The van der Waals surface area contributed by atoms with Gasteiger partial charge in [-0.25, -0.2) is 18.4 Å². The van der Waals surface area contributed by atoms with Crippen molar-refractivity contribution in [3.05, 3.63) is 23.8 Å². The molecule has 7 heteroatoms. The van der Waals surface area contributed by atoms with Crippen LogP contribution in [0.1, 0.15) is 19.4 Å². The van der Waals surface area contributed by atoms with Crippen LogP contribution in [0.4, 0.5) is 10.5 Å². The molecule has 0 aliphatic rings. The summed E-state index contributed by atoms with van der Waals surface area (Å²) in [7, 11) is -3.80. The van der Waals surface area contributed by atoms with Crippen LogP contribution < -0.4 is 10.5 Å². The van der Waals surface area contributed by atoms with Gasteiger partial charge in [-0.05, 0) is 30.5 Å². The zero-order valence-corrected chi connectivity index (χ0v) is 12.0. The van der Waals surface area contributed by atoms with Gasteiger partial charge in [-0.1, -0.05) is 19.9 Å². The first-order valence-corrected chi connectivity index (χ1v) is 7.32. The second-order valence-electron chi connectivity index (χ2n) is 4.64. The number of nitrogens with one attached hydrogen (secondary N) is 1.